The number of nitrogens with zero attached hydrogens (tertiary/aromatic N) is 2. The molecule has 1 aromatic rings. The van der Waals surface area contributed by atoms with Gasteiger partial charge in [-0.3, -0.25) is 14.4 Å². The lowest BCUT2D eigenvalue weighted by atomic mass is 9.91. The Kier molecular flexibility index (Phi) is 7.93. The number of hydrogen-bond acceptors (Lipinski definition) is 5. The molecule has 0 saturated carbocycles. The number of nitrogens with one attached hydrogen (secondary N) is 3. The van der Waals surface area contributed by atoms with Gasteiger partial charge in [0.25, 0.3) is 5.91 Å². The van der Waals surface area contributed by atoms with Gasteiger partial charge in [-0.1, -0.05) is 13.8 Å². The summed E-state index contributed by atoms with van der Waals surface area (Å²) in [4.78, 5) is 38.8. The average Bonchev–Trinajstić information content (AvgIpc) is 3.23. The van der Waals surface area contributed by atoms with Crippen LogP contribution in [0.3, 0.4) is 0 Å². The molecule has 2 aliphatic rings. The van der Waals surface area contributed by atoms with Crippen LogP contribution in [0.25, 0.3) is 0 Å². The van der Waals surface area contributed by atoms with Crippen molar-refractivity contribution in [2.75, 3.05) is 24.5 Å². The molecule has 0 bridgehead atoms. The number of carbonyl (C=O) groups excluding carboxylic acids is 3. The molecule has 3 atom stereocenters. The molecule has 2 heterocycles. The third-order valence-electron chi connectivity index (χ3n) is 6.16. The van der Waals surface area contributed by atoms with Crippen LogP contribution < -0.4 is 20.9 Å². The molecule has 3 amide bonds. The van der Waals surface area contributed by atoms with E-state index < -0.39 is 29.6 Å². The highest BCUT2D eigenvalue weighted by molar-refractivity contribution is 6.01. The van der Waals surface area contributed by atoms with E-state index in [1.807, 2.05) is 20.8 Å². The molecule has 2 saturated heterocycles. The van der Waals surface area contributed by atoms with Gasteiger partial charge in [-0.05, 0) is 37.8 Å². The third-order valence-corrected chi connectivity index (χ3v) is 6.16. The Bertz CT molecular complexity index is 1030. The molecule has 2 fully saturated rings. The van der Waals surface area contributed by atoms with Gasteiger partial charge < -0.3 is 20.9 Å². The highest BCUT2D eigenvalue weighted by atomic mass is 19.4. The lowest BCUT2D eigenvalue weighted by Crippen LogP contribution is -2.48. The molecule has 3 N–H and O–H groups in total. The maximum atomic E-state index is 14.0. The number of benzene rings is 1. The van der Waals surface area contributed by atoms with Crippen molar-refractivity contribution in [3.8, 4) is 6.07 Å². The van der Waals surface area contributed by atoms with E-state index in [1.165, 1.54) is 11.0 Å². The van der Waals surface area contributed by atoms with Crippen LogP contribution >= 0.6 is 0 Å². The van der Waals surface area contributed by atoms with Gasteiger partial charge in [0.15, 0.2) is 0 Å². The van der Waals surface area contributed by atoms with Crippen molar-refractivity contribution >= 4 is 23.4 Å². The van der Waals surface area contributed by atoms with E-state index in [0.29, 0.717) is 12.8 Å². The number of anilines is 1. The zero-order chi connectivity index (χ0) is 25.9. The zero-order valence-corrected chi connectivity index (χ0v) is 20.0. The lowest BCUT2D eigenvalue weighted by Gasteiger charge is -2.28. The number of amides is 3. The van der Waals surface area contributed by atoms with Gasteiger partial charge in [-0.15, -0.1) is 0 Å². The van der Waals surface area contributed by atoms with E-state index in [4.69, 9.17) is 0 Å². The highest BCUT2D eigenvalue weighted by Crippen LogP contribution is 2.41. The number of rotatable bonds is 6. The number of hydrogen-bond donors (Lipinski definition) is 3. The van der Waals surface area contributed by atoms with Crippen LogP contribution in [-0.4, -0.2) is 49.4 Å². The van der Waals surface area contributed by atoms with Crippen molar-refractivity contribution in [1.82, 2.24) is 16.0 Å². The molecule has 11 heteroatoms. The van der Waals surface area contributed by atoms with E-state index in [9.17, 15) is 32.8 Å². The molecule has 190 valence electrons. The van der Waals surface area contributed by atoms with Crippen LogP contribution in [0, 0.1) is 23.2 Å². The normalized spacial score (nSPS) is 22.5. The average molecular weight is 494 g/mol. The minimum Gasteiger partial charge on any atom is -0.368 e. The summed E-state index contributed by atoms with van der Waals surface area (Å²) in [5.41, 5.74) is -1.83. The molecule has 2 unspecified atom stereocenters. The molecule has 35 heavy (non-hydrogen) atoms. The van der Waals surface area contributed by atoms with Gasteiger partial charge >= 0.3 is 6.18 Å². The van der Waals surface area contributed by atoms with E-state index in [1.54, 1.807) is 6.07 Å². The van der Waals surface area contributed by atoms with Crippen molar-refractivity contribution in [3.63, 3.8) is 0 Å². The van der Waals surface area contributed by atoms with Crippen LogP contribution in [0.4, 0.5) is 18.9 Å². The molecule has 0 radical (unpaired) electrons. The lowest BCUT2D eigenvalue weighted by molar-refractivity contribution is -0.137. The number of carbonyl (C=O) groups is 3. The molecule has 2 aliphatic heterocycles. The topological polar surface area (TPSA) is 114 Å². The van der Waals surface area contributed by atoms with Crippen LogP contribution in [0.5, 0.6) is 0 Å². The second-order valence-electron chi connectivity index (χ2n) is 9.68. The Hall–Kier alpha value is -3.29. The van der Waals surface area contributed by atoms with Crippen molar-refractivity contribution in [2.24, 2.45) is 11.8 Å². The van der Waals surface area contributed by atoms with Gasteiger partial charge in [-0.2, -0.15) is 18.4 Å². The maximum absolute atomic E-state index is 14.0. The molecule has 0 aliphatic carbocycles. The highest BCUT2D eigenvalue weighted by Gasteiger charge is 2.40. The number of piperidine rings is 1. The smallest absolute Gasteiger partial charge is 0.368 e. The Morgan fingerprint density at radius 1 is 1.31 bits per heavy atom. The van der Waals surface area contributed by atoms with Crippen LogP contribution in [0.15, 0.2) is 12.1 Å². The zero-order valence-electron chi connectivity index (χ0n) is 20.0. The summed E-state index contributed by atoms with van der Waals surface area (Å²) < 4.78 is 42.1. The van der Waals surface area contributed by atoms with Crippen molar-refractivity contribution < 1.29 is 27.6 Å². The SMILES string of the molecule is CC(C)CNC(=O)c1cc(C#N)cc(C(F)(F)F)c1N1CC[C@@H](NC(=O)C2CC(=O)NC(C)C2)C1. The van der Waals surface area contributed by atoms with Gasteiger partial charge in [0, 0.05) is 44.1 Å². The number of halogens is 3. The third kappa shape index (κ3) is 6.44. The molecule has 0 aromatic heterocycles. The molecule has 1 aromatic carbocycles. The quantitative estimate of drug-likeness (QED) is 0.564. The van der Waals surface area contributed by atoms with Gasteiger partial charge in [0.05, 0.1) is 28.4 Å². The Morgan fingerprint density at radius 3 is 2.63 bits per heavy atom. The molecular formula is C24H30F3N5O3. The summed E-state index contributed by atoms with van der Waals surface area (Å²) in [6, 6.07) is 3.06. The van der Waals surface area contributed by atoms with E-state index >= 15 is 0 Å². The van der Waals surface area contributed by atoms with Gasteiger partial charge in [-0.25, -0.2) is 0 Å². The second-order valence-corrected chi connectivity index (χ2v) is 9.68. The second kappa shape index (κ2) is 10.5. The van der Waals surface area contributed by atoms with Crippen molar-refractivity contribution in [2.45, 2.75) is 58.3 Å². The first kappa shape index (κ1) is 26.3. The fourth-order valence-corrected chi connectivity index (χ4v) is 4.55. The monoisotopic (exact) mass is 493 g/mol. The van der Waals surface area contributed by atoms with E-state index in [0.717, 1.165) is 6.07 Å². The molecule has 0 spiro atoms. The summed E-state index contributed by atoms with van der Waals surface area (Å²) in [7, 11) is 0. The Morgan fingerprint density at radius 2 is 2.03 bits per heavy atom. The molecule has 8 nitrogen and oxygen atoms in total. The summed E-state index contributed by atoms with van der Waals surface area (Å²) >= 11 is 0. The van der Waals surface area contributed by atoms with E-state index in [2.05, 4.69) is 16.0 Å². The standard InChI is InChI=1S/C24H30F3N5O3/c1-13(2)11-29-23(35)18-7-15(10-28)8-19(24(25,26)27)21(18)32-5-4-17(12-32)31-22(34)16-6-14(3)30-20(33)9-16/h7-8,13-14,16-17H,4-6,9,11-12H2,1-3H3,(H,29,35)(H,30,33)(H,31,34)/t14?,16?,17-/m1/s1. The largest absolute Gasteiger partial charge is 0.418 e. The maximum Gasteiger partial charge on any atom is 0.418 e. The van der Waals surface area contributed by atoms with Crippen LogP contribution in [0.2, 0.25) is 0 Å². The molecular weight excluding hydrogens is 463 g/mol. The first-order valence-electron chi connectivity index (χ1n) is 11.7. The first-order chi connectivity index (χ1) is 16.4. The van der Waals surface area contributed by atoms with E-state index in [-0.39, 0.29) is 66.6 Å². The minimum atomic E-state index is -4.79. The summed E-state index contributed by atoms with van der Waals surface area (Å²) in [6.45, 7) is 6.05. The fourth-order valence-electron chi connectivity index (χ4n) is 4.55. The minimum absolute atomic E-state index is 0.0691. The fraction of sp³-hybridized carbons (Fsp3) is 0.583. The molecule has 3 rings (SSSR count). The number of nitriles is 1. The van der Waals surface area contributed by atoms with Gasteiger partial charge in [0.2, 0.25) is 11.8 Å². The summed E-state index contributed by atoms with van der Waals surface area (Å²) in [5, 5.41) is 17.5. The summed E-state index contributed by atoms with van der Waals surface area (Å²) in [5.74, 6) is -1.61. The Labute approximate surface area is 202 Å². The van der Waals surface area contributed by atoms with Crippen LogP contribution in [0.1, 0.15) is 61.5 Å². The van der Waals surface area contributed by atoms with Gasteiger partial charge in [0.1, 0.15) is 0 Å². The van der Waals surface area contributed by atoms with Crippen molar-refractivity contribution in [1.29, 1.82) is 5.26 Å². The Balaban J connectivity index is 1.86. The van der Waals surface area contributed by atoms with Crippen molar-refractivity contribution in [3.05, 3.63) is 28.8 Å². The van der Waals surface area contributed by atoms with Crippen LogP contribution in [-0.2, 0) is 15.8 Å². The summed E-state index contributed by atoms with van der Waals surface area (Å²) in [6.07, 6.45) is -3.85. The number of alkyl halides is 3. The first-order valence-corrected chi connectivity index (χ1v) is 11.7. The predicted octanol–water partition coefficient (Wildman–Crippen LogP) is 2.57. The predicted molar refractivity (Wildman–Crippen MR) is 122 cm³/mol.